The molecule has 0 unspecified atom stereocenters. The number of sulfonamides is 1. The van der Waals surface area contributed by atoms with E-state index in [-0.39, 0.29) is 10.7 Å². The van der Waals surface area contributed by atoms with E-state index in [1.165, 1.54) is 12.1 Å². The summed E-state index contributed by atoms with van der Waals surface area (Å²) < 4.78 is 40.6. The van der Waals surface area contributed by atoms with Gasteiger partial charge in [0, 0.05) is 19.3 Å². The number of rotatable bonds is 4. The first-order valence-corrected chi connectivity index (χ1v) is 9.81. The number of nitrogens with zero attached hydrogens (tertiary/aromatic N) is 2. The van der Waals surface area contributed by atoms with E-state index < -0.39 is 10.0 Å². The first kappa shape index (κ1) is 17.8. The van der Waals surface area contributed by atoms with E-state index in [0.29, 0.717) is 24.3 Å². The molecule has 0 radical (unpaired) electrons. The Labute approximate surface area is 148 Å². The highest BCUT2D eigenvalue weighted by Gasteiger charge is 2.28. The van der Waals surface area contributed by atoms with Crippen molar-refractivity contribution in [3.8, 4) is 0 Å². The van der Waals surface area contributed by atoms with Gasteiger partial charge in [0.05, 0.1) is 5.69 Å². The van der Waals surface area contributed by atoms with Gasteiger partial charge in [0.1, 0.15) is 10.7 Å². The molecule has 1 aliphatic rings. The molecule has 0 amide bonds. The minimum atomic E-state index is -3.57. The van der Waals surface area contributed by atoms with E-state index in [1.807, 2.05) is 13.0 Å². The first-order chi connectivity index (χ1) is 12.0. The number of hydrogen-bond acceptors (Lipinski definition) is 3. The summed E-state index contributed by atoms with van der Waals surface area (Å²) in [4.78, 5) is 4.58. The lowest BCUT2D eigenvalue weighted by Gasteiger charge is -2.26. The molecular weight excluding hydrogens is 339 g/mol. The van der Waals surface area contributed by atoms with Crippen LogP contribution in [-0.2, 0) is 10.0 Å². The second-order valence-corrected chi connectivity index (χ2v) is 8.15. The Morgan fingerprint density at radius 1 is 1.04 bits per heavy atom. The van der Waals surface area contributed by atoms with Gasteiger partial charge in [-0.2, -0.15) is 4.31 Å². The van der Waals surface area contributed by atoms with E-state index in [0.717, 1.165) is 24.8 Å². The zero-order valence-corrected chi connectivity index (χ0v) is 15.0. The largest absolute Gasteiger partial charge is 0.255 e. The maximum absolute atomic E-state index is 13.0. The smallest absolute Gasteiger partial charge is 0.245 e. The highest BCUT2D eigenvalue weighted by atomic mass is 32.2. The van der Waals surface area contributed by atoms with Crippen LogP contribution in [0, 0.1) is 12.7 Å². The van der Waals surface area contributed by atoms with Crippen molar-refractivity contribution < 1.29 is 12.8 Å². The fraction of sp³-hybridized carbons (Fsp3) is 0.316. The van der Waals surface area contributed by atoms with Gasteiger partial charge in [-0.25, -0.2) is 12.8 Å². The number of hydrogen-bond donors (Lipinski definition) is 0. The summed E-state index contributed by atoms with van der Waals surface area (Å²) in [5.41, 5.74) is 1.99. The van der Waals surface area contributed by atoms with Gasteiger partial charge in [-0.05, 0) is 55.2 Å². The lowest BCUT2D eigenvalue weighted by atomic mass is 10.2. The van der Waals surface area contributed by atoms with Crippen LogP contribution in [0.3, 0.4) is 0 Å². The topological polar surface area (TPSA) is 49.7 Å². The Kier molecular flexibility index (Phi) is 5.30. The maximum Gasteiger partial charge on any atom is 0.245 e. The van der Waals surface area contributed by atoms with Gasteiger partial charge < -0.3 is 0 Å². The second kappa shape index (κ2) is 7.45. The lowest BCUT2D eigenvalue weighted by Crippen LogP contribution is -2.35. The fourth-order valence-electron chi connectivity index (χ4n) is 2.87. The van der Waals surface area contributed by atoms with Gasteiger partial charge >= 0.3 is 0 Å². The average Bonchev–Trinajstić information content (AvgIpc) is 2.62. The zero-order valence-electron chi connectivity index (χ0n) is 14.2. The maximum atomic E-state index is 13.0. The highest BCUT2D eigenvalue weighted by Crippen LogP contribution is 2.30. The standard InChI is InChI=1S/C19H21FN2O2S/c1-15-5-10-18(21-14-16-6-8-17(20)9-7-16)19(13-15)25(23,24)22-11-3-2-4-12-22/h5-10,13-14H,2-4,11-12H2,1H3. The van der Waals surface area contributed by atoms with Crippen LogP contribution in [0.4, 0.5) is 10.1 Å². The summed E-state index contributed by atoms with van der Waals surface area (Å²) in [7, 11) is -3.57. The van der Waals surface area contributed by atoms with Gasteiger partial charge in [0.25, 0.3) is 0 Å². The molecule has 0 N–H and O–H groups in total. The van der Waals surface area contributed by atoms with Crippen molar-refractivity contribution in [1.29, 1.82) is 0 Å². The molecule has 25 heavy (non-hydrogen) atoms. The van der Waals surface area contributed by atoms with E-state index in [2.05, 4.69) is 4.99 Å². The summed E-state index contributed by atoms with van der Waals surface area (Å²) in [6, 6.07) is 11.1. The summed E-state index contributed by atoms with van der Waals surface area (Å²) in [6.45, 7) is 2.97. The van der Waals surface area contributed by atoms with Crippen LogP contribution in [0.15, 0.2) is 52.4 Å². The van der Waals surface area contributed by atoms with Crippen molar-refractivity contribution in [2.24, 2.45) is 4.99 Å². The minimum Gasteiger partial charge on any atom is -0.255 e. The van der Waals surface area contributed by atoms with Gasteiger partial charge in [0.15, 0.2) is 0 Å². The Bertz CT molecular complexity index is 871. The second-order valence-electron chi connectivity index (χ2n) is 6.25. The van der Waals surface area contributed by atoms with Crippen LogP contribution in [0.25, 0.3) is 0 Å². The van der Waals surface area contributed by atoms with E-state index in [9.17, 15) is 12.8 Å². The Hall–Kier alpha value is -2.05. The predicted molar refractivity (Wildman–Crippen MR) is 97.4 cm³/mol. The molecule has 1 saturated heterocycles. The Morgan fingerprint density at radius 3 is 2.40 bits per heavy atom. The highest BCUT2D eigenvalue weighted by molar-refractivity contribution is 7.89. The predicted octanol–water partition coefficient (Wildman–Crippen LogP) is 4.06. The number of benzene rings is 2. The summed E-state index contributed by atoms with van der Waals surface area (Å²) in [6.07, 6.45) is 4.40. The summed E-state index contributed by atoms with van der Waals surface area (Å²) in [5.74, 6) is -0.319. The van der Waals surface area contributed by atoms with E-state index >= 15 is 0 Å². The third-order valence-electron chi connectivity index (χ3n) is 4.27. The molecule has 1 fully saturated rings. The molecule has 4 nitrogen and oxygen atoms in total. The van der Waals surface area contributed by atoms with Crippen molar-refractivity contribution in [2.75, 3.05) is 13.1 Å². The van der Waals surface area contributed by atoms with Crippen LogP contribution in [-0.4, -0.2) is 32.0 Å². The molecule has 3 rings (SSSR count). The van der Waals surface area contributed by atoms with Crippen LogP contribution >= 0.6 is 0 Å². The molecule has 1 heterocycles. The van der Waals surface area contributed by atoms with Crippen molar-refractivity contribution in [3.05, 3.63) is 59.4 Å². The molecule has 0 aliphatic carbocycles. The molecule has 0 atom stereocenters. The van der Waals surface area contributed by atoms with Gasteiger partial charge in [-0.3, -0.25) is 4.99 Å². The quantitative estimate of drug-likeness (QED) is 0.772. The van der Waals surface area contributed by atoms with Crippen molar-refractivity contribution in [2.45, 2.75) is 31.1 Å². The number of aliphatic imine (C=N–C) groups is 1. The van der Waals surface area contributed by atoms with Gasteiger partial charge in [-0.15, -0.1) is 0 Å². The molecule has 2 aromatic carbocycles. The molecule has 6 heteroatoms. The van der Waals surface area contributed by atoms with Gasteiger partial charge in [0.2, 0.25) is 10.0 Å². The number of aryl methyl sites for hydroxylation is 1. The molecule has 2 aromatic rings. The van der Waals surface area contributed by atoms with Crippen LogP contribution in [0.5, 0.6) is 0 Å². The normalized spacial score (nSPS) is 16.4. The molecule has 0 bridgehead atoms. The van der Waals surface area contributed by atoms with Crippen molar-refractivity contribution in [3.63, 3.8) is 0 Å². The van der Waals surface area contributed by atoms with Crippen molar-refractivity contribution in [1.82, 2.24) is 4.31 Å². The van der Waals surface area contributed by atoms with Crippen LogP contribution < -0.4 is 0 Å². The lowest BCUT2D eigenvalue weighted by molar-refractivity contribution is 0.347. The van der Waals surface area contributed by atoms with Gasteiger partial charge in [-0.1, -0.05) is 24.6 Å². The SMILES string of the molecule is Cc1ccc(N=Cc2ccc(F)cc2)c(S(=O)(=O)N2CCCCC2)c1. The van der Waals surface area contributed by atoms with E-state index in [4.69, 9.17) is 0 Å². The summed E-state index contributed by atoms with van der Waals surface area (Å²) in [5, 5.41) is 0. The zero-order chi connectivity index (χ0) is 17.9. The minimum absolute atomic E-state index is 0.229. The third-order valence-corrected chi connectivity index (χ3v) is 6.20. The average molecular weight is 360 g/mol. The molecular formula is C19H21FN2O2S. The summed E-state index contributed by atoms with van der Waals surface area (Å²) >= 11 is 0. The van der Waals surface area contributed by atoms with Crippen LogP contribution in [0.2, 0.25) is 0 Å². The fourth-order valence-corrected chi connectivity index (χ4v) is 4.61. The van der Waals surface area contributed by atoms with Crippen molar-refractivity contribution >= 4 is 21.9 Å². The molecule has 1 aliphatic heterocycles. The Balaban J connectivity index is 1.96. The first-order valence-electron chi connectivity index (χ1n) is 8.37. The molecule has 0 spiro atoms. The molecule has 0 saturated carbocycles. The molecule has 132 valence electrons. The number of halogens is 1. The Morgan fingerprint density at radius 2 is 1.72 bits per heavy atom. The van der Waals surface area contributed by atoms with Crippen LogP contribution in [0.1, 0.15) is 30.4 Å². The monoisotopic (exact) mass is 360 g/mol. The van der Waals surface area contributed by atoms with E-state index in [1.54, 1.807) is 34.8 Å². The molecule has 0 aromatic heterocycles. The third kappa shape index (κ3) is 4.14. The number of piperidine rings is 1.